The lowest BCUT2D eigenvalue weighted by molar-refractivity contribution is 0.0526. The lowest BCUT2D eigenvalue weighted by atomic mass is 10.1. The van der Waals surface area contributed by atoms with Crippen molar-refractivity contribution in [1.82, 2.24) is 9.88 Å². The number of para-hydroxylation sites is 1. The van der Waals surface area contributed by atoms with Crippen LogP contribution in [-0.2, 0) is 11.2 Å². The molecular formula is C23H30N4O3. The van der Waals surface area contributed by atoms with Crippen molar-refractivity contribution in [2.75, 3.05) is 43.0 Å². The highest BCUT2D eigenvalue weighted by Gasteiger charge is 2.21. The van der Waals surface area contributed by atoms with Crippen LogP contribution >= 0.6 is 0 Å². The first kappa shape index (κ1) is 21.6. The van der Waals surface area contributed by atoms with E-state index in [9.17, 15) is 9.59 Å². The molecule has 30 heavy (non-hydrogen) atoms. The van der Waals surface area contributed by atoms with Crippen molar-refractivity contribution < 1.29 is 14.3 Å². The van der Waals surface area contributed by atoms with Crippen molar-refractivity contribution in [1.29, 1.82) is 0 Å². The summed E-state index contributed by atoms with van der Waals surface area (Å²) in [4.78, 5) is 33.1. The van der Waals surface area contributed by atoms with Crippen LogP contribution in [0.2, 0.25) is 0 Å². The van der Waals surface area contributed by atoms with Crippen LogP contribution in [0.3, 0.4) is 0 Å². The largest absolute Gasteiger partial charge is 0.462 e. The molecule has 0 bridgehead atoms. The van der Waals surface area contributed by atoms with Gasteiger partial charge in [-0.1, -0.05) is 25.1 Å². The van der Waals surface area contributed by atoms with Gasteiger partial charge in [-0.25, -0.2) is 14.6 Å². The van der Waals surface area contributed by atoms with Gasteiger partial charge in [0.1, 0.15) is 5.82 Å². The van der Waals surface area contributed by atoms with E-state index >= 15 is 0 Å². The van der Waals surface area contributed by atoms with Gasteiger partial charge in [-0.05, 0) is 49.9 Å². The van der Waals surface area contributed by atoms with Crippen LogP contribution < -0.4 is 10.2 Å². The minimum atomic E-state index is -0.363. The normalized spacial score (nSPS) is 14.2. The molecule has 0 unspecified atom stereocenters. The molecule has 1 aliphatic rings. The number of amides is 2. The Balaban J connectivity index is 1.62. The van der Waals surface area contributed by atoms with Crippen LogP contribution in [0.15, 0.2) is 36.5 Å². The molecule has 0 saturated carbocycles. The predicted octanol–water partition coefficient (Wildman–Crippen LogP) is 3.87. The Kier molecular flexibility index (Phi) is 7.27. The molecule has 1 fully saturated rings. The molecule has 1 aromatic heterocycles. The molecule has 0 spiro atoms. The molecule has 7 heteroatoms. The molecule has 2 aromatic rings. The monoisotopic (exact) mass is 410 g/mol. The van der Waals surface area contributed by atoms with Crippen molar-refractivity contribution in [2.24, 2.45) is 0 Å². The maximum Gasteiger partial charge on any atom is 0.339 e. The molecule has 3 rings (SSSR count). The van der Waals surface area contributed by atoms with Crippen LogP contribution in [0.1, 0.15) is 41.8 Å². The van der Waals surface area contributed by atoms with E-state index < -0.39 is 0 Å². The number of aryl methyl sites for hydroxylation is 2. The number of benzene rings is 1. The van der Waals surface area contributed by atoms with E-state index in [0.29, 0.717) is 31.8 Å². The van der Waals surface area contributed by atoms with Gasteiger partial charge >= 0.3 is 12.0 Å². The summed E-state index contributed by atoms with van der Waals surface area (Å²) in [6, 6.07) is 9.60. The number of rotatable bonds is 5. The lowest BCUT2D eigenvalue weighted by Crippen LogP contribution is -2.38. The molecule has 1 saturated heterocycles. The highest BCUT2D eigenvalue weighted by Crippen LogP contribution is 2.22. The molecule has 0 aliphatic carbocycles. The quantitative estimate of drug-likeness (QED) is 0.758. The molecule has 1 N–H and O–H groups in total. The van der Waals surface area contributed by atoms with Crippen LogP contribution in [0.4, 0.5) is 16.3 Å². The maximum absolute atomic E-state index is 12.9. The number of ether oxygens (including phenoxy) is 1. The Labute approximate surface area is 178 Å². The third-order valence-corrected chi connectivity index (χ3v) is 5.34. The summed E-state index contributed by atoms with van der Waals surface area (Å²) in [7, 11) is 0. The van der Waals surface area contributed by atoms with Gasteiger partial charge in [-0.3, -0.25) is 0 Å². The Morgan fingerprint density at radius 3 is 2.63 bits per heavy atom. The molecular weight excluding hydrogens is 380 g/mol. The number of nitrogens with one attached hydrogen (secondary N) is 1. The van der Waals surface area contributed by atoms with Crippen molar-refractivity contribution in [2.45, 2.75) is 33.6 Å². The standard InChI is InChI=1S/C23H30N4O3/c1-4-18-9-6-8-17(3)21(18)25-23(29)27-13-7-12-26(14-15-27)20-11-10-19(16-24-20)22(28)30-5-2/h6,8-11,16H,4-5,7,12-15H2,1-3H3,(H,25,29). The topological polar surface area (TPSA) is 74.8 Å². The van der Waals surface area contributed by atoms with E-state index in [4.69, 9.17) is 4.74 Å². The van der Waals surface area contributed by atoms with Crippen molar-refractivity contribution in [3.05, 3.63) is 53.2 Å². The molecule has 1 aliphatic heterocycles. The molecule has 0 radical (unpaired) electrons. The van der Waals surface area contributed by atoms with E-state index in [1.54, 1.807) is 19.2 Å². The highest BCUT2D eigenvalue weighted by atomic mass is 16.5. The number of hydrogen-bond donors (Lipinski definition) is 1. The number of urea groups is 1. The first-order valence-corrected chi connectivity index (χ1v) is 10.6. The van der Waals surface area contributed by atoms with Gasteiger partial charge in [0.05, 0.1) is 12.2 Å². The summed E-state index contributed by atoms with van der Waals surface area (Å²) in [6.07, 6.45) is 3.27. The number of hydrogen-bond acceptors (Lipinski definition) is 5. The fourth-order valence-corrected chi connectivity index (χ4v) is 3.65. The zero-order valence-electron chi connectivity index (χ0n) is 18.0. The van der Waals surface area contributed by atoms with Crippen LogP contribution in [0.25, 0.3) is 0 Å². The van der Waals surface area contributed by atoms with E-state index in [2.05, 4.69) is 28.2 Å². The number of esters is 1. The van der Waals surface area contributed by atoms with Gasteiger partial charge in [0.25, 0.3) is 0 Å². The summed E-state index contributed by atoms with van der Waals surface area (Å²) in [5.74, 6) is 0.440. The third kappa shape index (κ3) is 5.09. The van der Waals surface area contributed by atoms with Gasteiger partial charge in [-0.15, -0.1) is 0 Å². The molecule has 0 atom stereocenters. The number of carbonyl (C=O) groups excluding carboxylic acids is 2. The van der Waals surface area contributed by atoms with Crippen molar-refractivity contribution in [3.8, 4) is 0 Å². The van der Waals surface area contributed by atoms with Gasteiger partial charge in [0.2, 0.25) is 0 Å². The molecule has 1 aromatic carbocycles. The first-order chi connectivity index (χ1) is 14.5. The van der Waals surface area contributed by atoms with Gasteiger partial charge < -0.3 is 19.9 Å². The van der Waals surface area contributed by atoms with E-state index in [-0.39, 0.29) is 12.0 Å². The number of pyridine rings is 1. The van der Waals surface area contributed by atoms with E-state index in [1.807, 2.05) is 30.0 Å². The van der Waals surface area contributed by atoms with Gasteiger partial charge in [-0.2, -0.15) is 0 Å². The molecule has 2 amide bonds. The van der Waals surface area contributed by atoms with Crippen LogP contribution in [0, 0.1) is 6.92 Å². The third-order valence-electron chi connectivity index (χ3n) is 5.34. The summed E-state index contributed by atoms with van der Waals surface area (Å²) in [5, 5.41) is 3.12. The highest BCUT2D eigenvalue weighted by molar-refractivity contribution is 5.91. The summed E-state index contributed by atoms with van der Waals surface area (Å²) < 4.78 is 5.00. The molecule has 160 valence electrons. The maximum atomic E-state index is 12.9. The van der Waals surface area contributed by atoms with E-state index in [0.717, 1.165) is 42.0 Å². The average molecular weight is 411 g/mol. The number of carbonyl (C=O) groups is 2. The molecule has 2 heterocycles. The lowest BCUT2D eigenvalue weighted by Gasteiger charge is -2.24. The van der Waals surface area contributed by atoms with Crippen LogP contribution in [-0.4, -0.2) is 54.7 Å². The van der Waals surface area contributed by atoms with Crippen molar-refractivity contribution >= 4 is 23.5 Å². The Bertz CT molecular complexity index is 883. The minimum absolute atomic E-state index is 0.0635. The second-order valence-electron chi connectivity index (χ2n) is 7.35. The second-order valence-corrected chi connectivity index (χ2v) is 7.35. The SMILES string of the molecule is CCOC(=O)c1ccc(N2CCCN(C(=O)Nc3c(C)cccc3CC)CC2)nc1. The fourth-order valence-electron chi connectivity index (χ4n) is 3.65. The zero-order chi connectivity index (χ0) is 21.5. The number of anilines is 2. The number of aromatic nitrogens is 1. The van der Waals surface area contributed by atoms with Crippen LogP contribution in [0.5, 0.6) is 0 Å². The average Bonchev–Trinajstić information content (AvgIpc) is 3.02. The van der Waals surface area contributed by atoms with E-state index in [1.165, 1.54) is 0 Å². The Hall–Kier alpha value is -3.09. The zero-order valence-corrected chi connectivity index (χ0v) is 18.0. The van der Waals surface area contributed by atoms with Gasteiger partial charge in [0.15, 0.2) is 0 Å². The Morgan fingerprint density at radius 2 is 1.93 bits per heavy atom. The van der Waals surface area contributed by atoms with Gasteiger partial charge in [0, 0.05) is 38.1 Å². The summed E-state index contributed by atoms with van der Waals surface area (Å²) in [5.41, 5.74) is 3.58. The smallest absolute Gasteiger partial charge is 0.339 e. The minimum Gasteiger partial charge on any atom is -0.462 e. The second kappa shape index (κ2) is 10.1. The molecule has 7 nitrogen and oxygen atoms in total. The Morgan fingerprint density at radius 1 is 1.10 bits per heavy atom. The summed E-state index contributed by atoms with van der Waals surface area (Å²) in [6.45, 7) is 9.03. The summed E-state index contributed by atoms with van der Waals surface area (Å²) >= 11 is 0. The number of nitrogens with zero attached hydrogens (tertiary/aromatic N) is 3. The van der Waals surface area contributed by atoms with Crippen molar-refractivity contribution in [3.63, 3.8) is 0 Å². The first-order valence-electron chi connectivity index (χ1n) is 10.6. The predicted molar refractivity (Wildman–Crippen MR) is 118 cm³/mol. The fraction of sp³-hybridized carbons (Fsp3) is 0.435.